The Hall–Kier alpha value is -2.47. The Balaban J connectivity index is 1.37. The predicted octanol–water partition coefficient (Wildman–Crippen LogP) is 2.05. The van der Waals surface area contributed by atoms with E-state index < -0.39 is 0 Å². The van der Waals surface area contributed by atoms with Crippen LogP contribution in [0.1, 0.15) is 12.0 Å². The molecule has 0 spiro atoms. The van der Waals surface area contributed by atoms with Gasteiger partial charge in [-0.3, -0.25) is 9.78 Å². The Kier molecular flexibility index (Phi) is 5.95. The lowest BCUT2D eigenvalue weighted by molar-refractivity contribution is -0.131. The van der Waals surface area contributed by atoms with Gasteiger partial charge in [0.15, 0.2) is 0 Å². The second kappa shape index (κ2) is 8.58. The van der Waals surface area contributed by atoms with Crippen molar-refractivity contribution in [1.29, 1.82) is 0 Å². The minimum atomic E-state index is -0.225. The Labute approximate surface area is 147 Å². The molecule has 1 N–H and O–H groups in total. The molecule has 2 heterocycles. The molecule has 0 saturated carbocycles. The summed E-state index contributed by atoms with van der Waals surface area (Å²) in [6.07, 6.45) is 4.03. The van der Waals surface area contributed by atoms with Gasteiger partial charge in [-0.1, -0.05) is 0 Å². The van der Waals surface area contributed by atoms with Crippen LogP contribution in [0.2, 0.25) is 0 Å². The van der Waals surface area contributed by atoms with Gasteiger partial charge < -0.3 is 15.1 Å². The summed E-state index contributed by atoms with van der Waals surface area (Å²) in [6, 6.07) is 10.4. The van der Waals surface area contributed by atoms with Crippen molar-refractivity contribution < 1.29 is 9.18 Å². The predicted molar refractivity (Wildman–Crippen MR) is 95.8 cm³/mol. The zero-order chi connectivity index (χ0) is 17.5. The van der Waals surface area contributed by atoms with E-state index in [0.29, 0.717) is 26.1 Å². The number of rotatable bonds is 6. The SMILES string of the molecule is O=C(CCNCc1ccncc1)N1CCN(c2ccc(F)cc2)CC1. The molecule has 1 aromatic heterocycles. The summed E-state index contributed by atoms with van der Waals surface area (Å²) in [4.78, 5) is 20.4. The first kappa shape index (κ1) is 17.4. The molecule has 1 saturated heterocycles. The molecule has 5 nitrogen and oxygen atoms in total. The summed E-state index contributed by atoms with van der Waals surface area (Å²) < 4.78 is 13.0. The summed E-state index contributed by atoms with van der Waals surface area (Å²) in [5.74, 6) is -0.0437. The zero-order valence-corrected chi connectivity index (χ0v) is 14.2. The summed E-state index contributed by atoms with van der Waals surface area (Å²) in [6.45, 7) is 4.39. The minimum absolute atomic E-state index is 0.181. The van der Waals surface area contributed by atoms with Crippen LogP contribution < -0.4 is 10.2 Å². The van der Waals surface area contributed by atoms with E-state index >= 15 is 0 Å². The fourth-order valence-electron chi connectivity index (χ4n) is 2.95. The number of anilines is 1. The molecule has 132 valence electrons. The van der Waals surface area contributed by atoms with E-state index in [2.05, 4.69) is 15.2 Å². The molecule has 0 bridgehead atoms. The topological polar surface area (TPSA) is 48.5 Å². The third kappa shape index (κ3) is 5.00. The molecular formula is C19H23FN4O. The highest BCUT2D eigenvalue weighted by molar-refractivity contribution is 5.76. The van der Waals surface area contributed by atoms with Crippen molar-refractivity contribution in [1.82, 2.24) is 15.2 Å². The molecule has 1 fully saturated rings. The molecule has 0 aliphatic carbocycles. The van der Waals surface area contributed by atoms with Crippen LogP contribution in [-0.4, -0.2) is 48.5 Å². The molecule has 1 aliphatic rings. The van der Waals surface area contributed by atoms with Crippen LogP contribution >= 0.6 is 0 Å². The number of carbonyl (C=O) groups excluding carboxylic acids is 1. The van der Waals surface area contributed by atoms with Crippen molar-refractivity contribution in [3.63, 3.8) is 0 Å². The summed E-state index contributed by atoms with van der Waals surface area (Å²) in [5, 5.41) is 3.29. The van der Waals surface area contributed by atoms with Crippen LogP contribution in [0.3, 0.4) is 0 Å². The summed E-state index contributed by atoms with van der Waals surface area (Å²) in [7, 11) is 0. The molecular weight excluding hydrogens is 319 g/mol. The minimum Gasteiger partial charge on any atom is -0.368 e. The molecule has 0 atom stereocenters. The van der Waals surface area contributed by atoms with Crippen molar-refractivity contribution in [2.75, 3.05) is 37.6 Å². The maximum Gasteiger partial charge on any atom is 0.223 e. The van der Waals surface area contributed by atoms with E-state index in [1.807, 2.05) is 17.0 Å². The van der Waals surface area contributed by atoms with Crippen molar-refractivity contribution in [3.05, 3.63) is 60.2 Å². The second-order valence-corrected chi connectivity index (χ2v) is 6.13. The average molecular weight is 342 g/mol. The fourth-order valence-corrected chi connectivity index (χ4v) is 2.95. The zero-order valence-electron chi connectivity index (χ0n) is 14.2. The Morgan fingerprint density at radius 1 is 1.04 bits per heavy atom. The number of amides is 1. The number of pyridine rings is 1. The Morgan fingerprint density at radius 3 is 2.40 bits per heavy atom. The van der Waals surface area contributed by atoms with Crippen LogP contribution in [0.4, 0.5) is 10.1 Å². The highest BCUT2D eigenvalue weighted by atomic mass is 19.1. The van der Waals surface area contributed by atoms with E-state index in [4.69, 9.17) is 0 Å². The van der Waals surface area contributed by atoms with E-state index in [1.165, 1.54) is 12.1 Å². The lowest BCUT2D eigenvalue weighted by Gasteiger charge is -2.36. The van der Waals surface area contributed by atoms with Gasteiger partial charge in [-0.05, 0) is 42.0 Å². The van der Waals surface area contributed by atoms with E-state index in [1.54, 1.807) is 24.5 Å². The molecule has 2 aromatic rings. The molecule has 1 aromatic carbocycles. The Morgan fingerprint density at radius 2 is 1.72 bits per heavy atom. The standard InChI is InChI=1S/C19H23FN4O/c20-17-1-3-18(4-2-17)23-11-13-24(14-12-23)19(25)7-10-22-15-16-5-8-21-9-6-16/h1-6,8-9,22H,7,10-15H2. The highest BCUT2D eigenvalue weighted by Gasteiger charge is 2.20. The fraction of sp³-hybridized carbons (Fsp3) is 0.368. The van der Waals surface area contributed by atoms with Gasteiger partial charge in [0.2, 0.25) is 5.91 Å². The quantitative estimate of drug-likeness (QED) is 0.817. The van der Waals surface area contributed by atoms with E-state index in [0.717, 1.165) is 30.9 Å². The van der Waals surface area contributed by atoms with Crippen LogP contribution in [-0.2, 0) is 11.3 Å². The van der Waals surface area contributed by atoms with Crippen LogP contribution in [0.5, 0.6) is 0 Å². The van der Waals surface area contributed by atoms with Crippen molar-refractivity contribution in [2.24, 2.45) is 0 Å². The van der Waals surface area contributed by atoms with Crippen LogP contribution in [0.15, 0.2) is 48.8 Å². The smallest absolute Gasteiger partial charge is 0.223 e. The molecule has 3 rings (SSSR count). The van der Waals surface area contributed by atoms with Gasteiger partial charge in [0.25, 0.3) is 0 Å². The van der Waals surface area contributed by atoms with Gasteiger partial charge in [-0.15, -0.1) is 0 Å². The van der Waals surface area contributed by atoms with Crippen LogP contribution in [0.25, 0.3) is 0 Å². The van der Waals surface area contributed by atoms with Gasteiger partial charge in [-0.2, -0.15) is 0 Å². The van der Waals surface area contributed by atoms with Crippen molar-refractivity contribution in [3.8, 4) is 0 Å². The molecule has 0 unspecified atom stereocenters. The average Bonchev–Trinajstić information content (AvgIpc) is 2.67. The molecule has 0 radical (unpaired) electrons. The van der Waals surface area contributed by atoms with Gasteiger partial charge in [0.1, 0.15) is 5.82 Å². The number of piperazine rings is 1. The van der Waals surface area contributed by atoms with E-state index in [9.17, 15) is 9.18 Å². The van der Waals surface area contributed by atoms with Crippen LogP contribution in [0, 0.1) is 5.82 Å². The Bertz CT molecular complexity index is 670. The monoisotopic (exact) mass is 342 g/mol. The summed E-state index contributed by atoms with van der Waals surface area (Å²) in [5.41, 5.74) is 2.17. The van der Waals surface area contributed by atoms with Gasteiger partial charge in [0, 0.05) is 63.8 Å². The number of hydrogen-bond donors (Lipinski definition) is 1. The normalized spacial score (nSPS) is 14.6. The third-order valence-electron chi connectivity index (χ3n) is 4.42. The number of aromatic nitrogens is 1. The number of nitrogens with one attached hydrogen (secondary N) is 1. The van der Waals surface area contributed by atoms with Crippen molar-refractivity contribution in [2.45, 2.75) is 13.0 Å². The van der Waals surface area contributed by atoms with Gasteiger partial charge in [0.05, 0.1) is 0 Å². The lowest BCUT2D eigenvalue weighted by Crippen LogP contribution is -2.49. The first-order chi connectivity index (χ1) is 12.2. The highest BCUT2D eigenvalue weighted by Crippen LogP contribution is 2.17. The van der Waals surface area contributed by atoms with Crippen molar-refractivity contribution >= 4 is 11.6 Å². The van der Waals surface area contributed by atoms with E-state index in [-0.39, 0.29) is 11.7 Å². The molecule has 6 heteroatoms. The number of nitrogens with zero attached hydrogens (tertiary/aromatic N) is 3. The largest absolute Gasteiger partial charge is 0.368 e. The first-order valence-corrected chi connectivity index (χ1v) is 8.60. The lowest BCUT2D eigenvalue weighted by atomic mass is 10.2. The maximum absolute atomic E-state index is 13.0. The molecule has 1 amide bonds. The molecule has 25 heavy (non-hydrogen) atoms. The summed E-state index contributed by atoms with van der Waals surface area (Å²) >= 11 is 0. The number of halogens is 1. The maximum atomic E-state index is 13.0. The first-order valence-electron chi connectivity index (χ1n) is 8.60. The van der Waals surface area contributed by atoms with Gasteiger partial charge in [-0.25, -0.2) is 4.39 Å². The molecule has 1 aliphatic heterocycles. The number of carbonyl (C=O) groups is 1. The number of hydrogen-bond acceptors (Lipinski definition) is 4. The van der Waals surface area contributed by atoms with Gasteiger partial charge >= 0.3 is 0 Å². The number of benzene rings is 1. The third-order valence-corrected chi connectivity index (χ3v) is 4.42. The second-order valence-electron chi connectivity index (χ2n) is 6.13.